The molecular weight excluding hydrogens is 230 g/mol. The molecule has 0 saturated carbocycles. The van der Waals surface area contributed by atoms with Crippen LogP contribution in [0.1, 0.15) is 30.5 Å². The second-order valence-corrected chi connectivity index (χ2v) is 5.24. The maximum Gasteiger partial charge on any atom is 0.218 e. The van der Waals surface area contributed by atoms with Crippen LogP contribution in [0.3, 0.4) is 0 Å². The van der Waals surface area contributed by atoms with Crippen LogP contribution in [0.25, 0.3) is 0 Å². The number of rotatable bonds is 3. The van der Waals surface area contributed by atoms with Crippen LogP contribution in [-0.2, 0) is 0 Å². The average Bonchev–Trinajstić information content (AvgIpc) is 2.80. The number of hydrogen-bond acceptors (Lipinski definition) is 5. The maximum absolute atomic E-state index is 12.6. The Balaban J connectivity index is 2.22. The Morgan fingerprint density at radius 2 is 2.11 bits per heavy atom. The summed E-state index contributed by atoms with van der Waals surface area (Å²) >= 11 is 0. The predicted molar refractivity (Wildman–Crippen MR) is 68.7 cm³/mol. The van der Waals surface area contributed by atoms with Crippen LogP contribution in [0.2, 0.25) is 0 Å². The molecule has 0 aromatic carbocycles. The summed E-state index contributed by atoms with van der Waals surface area (Å²) in [5.74, 6) is 0.535. The number of carbonyl (C=O) groups excluding carboxylic acids is 1. The first-order valence-electron chi connectivity index (χ1n) is 6.33. The number of Topliss-reactive ketones (excluding diaryl/α,β-unsaturated/α-hetero) is 1. The van der Waals surface area contributed by atoms with Gasteiger partial charge in [-0.3, -0.25) is 9.69 Å². The van der Waals surface area contributed by atoms with Crippen LogP contribution in [0.4, 0.5) is 0 Å². The van der Waals surface area contributed by atoms with Crippen molar-refractivity contribution in [2.75, 3.05) is 33.7 Å². The van der Waals surface area contributed by atoms with Crippen LogP contribution < -0.4 is 0 Å². The molecule has 1 aromatic rings. The van der Waals surface area contributed by atoms with Crippen molar-refractivity contribution in [3.8, 4) is 0 Å². The third kappa shape index (κ3) is 2.44. The van der Waals surface area contributed by atoms with Gasteiger partial charge in [-0.25, -0.2) is 9.67 Å². The van der Waals surface area contributed by atoms with E-state index in [1.54, 1.807) is 4.68 Å². The zero-order valence-electron chi connectivity index (χ0n) is 11.5. The van der Waals surface area contributed by atoms with E-state index in [2.05, 4.69) is 19.9 Å². The second-order valence-electron chi connectivity index (χ2n) is 5.24. The molecule has 1 fully saturated rings. The first-order valence-corrected chi connectivity index (χ1v) is 6.33. The van der Waals surface area contributed by atoms with E-state index in [9.17, 15) is 4.79 Å². The average molecular weight is 251 g/mol. The highest BCUT2D eigenvalue weighted by Gasteiger charge is 2.32. The molecule has 18 heavy (non-hydrogen) atoms. The Kier molecular flexibility index (Phi) is 3.77. The van der Waals surface area contributed by atoms with Gasteiger partial charge in [0.05, 0.1) is 6.04 Å². The highest BCUT2D eigenvalue weighted by atomic mass is 16.1. The summed E-state index contributed by atoms with van der Waals surface area (Å²) in [4.78, 5) is 21.0. The van der Waals surface area contributed by atoms with Crippen molar-refractivity contribution < 1.29 is 4.79 Å². The fraction of sp³-hybridized carbons (Fsp3) is 0.750. The van der Waals surface area contributed by atoms with Crippen molar-refractivity contribution >= 4 is 5.78 Å². The second kappa shape index (κ2) is 5.16. The summed E-state index contributed by atoms with van der Waals surface area (Å²) in [5, 5.41) is 4.13. The Morgan fingerprint density at radius 1 is 1.39 bits per heavy atom. The number of aromatic nitrogens is 3. The van der Waals surface area contributed by atoms with E-state index in [1.807, 2.05) is 27.9 Å². The van der Waals surface area contributed by atoms with E-state index in [4.69, 9.17) is 0 Å². The van der Waals surface area contributed by atoms with E-state index in [0.717, 1.165) is 19.6 Å². The first-order chi connectivity index (χ1) is 8.50. The van der Waals surface area contributed by atoms with Crippen molar-refractivity contribution in [3.05, 3.63) is 12.2 Å². The molecule has 1 saturated heterocycles. The van der Waals surface area contributed by atoms with Crippen LogP contribution in [0.5, 0.6) is 0 Å². The van der Waals surface area contributed by atoms with Crippen molar-refractivity contribution in [3.63, 3.8) is 0 Å². The molecule has 0 bridgehead atoms. The minimum absolute atomic E-state index is 0.0650. The topological polar surface area (TPSA) is 54.3 Å². The van der Waals surface area contributed by atoms with Gasteiger partial charge < -0.3 is 4.90 Å². The molecule has 6 heteroatoms. The molecule has 0 spiro atoms. The molecule has 0 aliphatic carbocycles. The third-order valence-corrected chi connectivity index (χ3v) is 3.44. The summed E-state index contributed by atoms with van der Waals surface area (Å²) in [7, 11) is 4.03. The summed E-state index contributed by atoms with van der Waals surface area (Å²) in [6, 6.07) is 0.0310. The summed E-state index contributed by atoms with van der Waals surface area (Å²) in [6.45, 7) is 6.66. The van der Waals surface area contributed by atoms with Gasteiger partial charge in [0.2, 0.25) is 5.78 Å². The van der Waals surface area contributed by atoms with E-state index in [1.165, 1.54) is 6.33 Å². The Bertz CT molecular complexity index is 428. The monoisotopic (exact) mass is 251 g/mol. The fourth-order valence-corrected chi connectivity index (χ4v) is 2.25. The minimum atomic E-state index is -0.120. The predicted octanol–water partition coefficient (Wildman–Crippen LogP) is 0.287. The lowest BCUT2D eigenvalue weighted by Gasteiger charge is -2.36. The normalized spacial score (nSPS) is 22.6. The molecule has 1 aliphatic rings. The molecule has 1 aromatic heterocycles. The Morgan fingerprint density at radius 3 is 2.78 bits per heavy atom. The van der Waals surface area contributed by atoms with Gasteiger partial charge in [-0.05, 0) is 27.9 Å². The Hall–Kier alpha value is -1.27. The van der Waals surface area contributed by atoms with Gasteiger partial charge in [0, 0.05) is 25.7 Å². The molecule has 0 radical (unpaired) electrons. The summed E-state index contributed by atoms with van der Waals surface area (Å²) < 4.78 is 1.70. The smallest absolute Gasteiger partial charge is 0.218 e. The molecule has 1 aliphatic heterocycles. The van der Waals surface area contributed by atoms with Gasteiger partial charge in [0.15, 0.2) is 5.82 Å². The van der Waals surface area contributed by atoms with Crippen LogP contribution in [0.15, 0.2) is 6.33 Å². The standard InChI is InChI=1S/C12H21N5O/c1-9(2)17-12(13-8-14-17)11(18)10-7-15(3)5-6-16(10)4/h8-10H,5-7H2,1-4H3. The quantitative estimate of drug-likeness (QED) is 0.723. The summed E-state index contributed by atoms with van der Waals surface area (Å²) in [5.41, 5.74) is 0. The molecule has 1 unspecified atom stereocenters. The molecule has 0 N–H and O–H groups in total. The van der Waals surface area contributed by atoms with Gasteiger partial charge in [0.25, 0.3) is 0 Å². The van der Waals surface area contributed by atoms with E-state index < -0.39 is 0 Å². The van der Waals surface area contributed by atoms with Gasteiger partial charge in [0.1, 0.15) is 6.33 Å². The van der Waals surface area contributed by atoms with Gasteiger partial charge >= 0.3 is 0 Å². The highest BCUT2D eigenvalue weighted by Crippen LogP contribution is 2.13. The molecule has 1 atom stereocenters. The summed E-state index contributed by atoms with van der Waals surface area (Å²) in [6.07, 6.45) is 1.46. The lowest BCUT2D eigenvalue weighted by Crippen LogP contribution is -2.54. The third-order valence-electron chi connectivity index (χ3n) is 3.44. The van der Waals surface area contributed by atoms with E-state index in [-0.39, 0.29) is 17.9 Å². The van der Waals surface area contributed by atoms with Crippen LogP contribution >= 0.6 is 0 Å². The largest absolute Gasteiger partial charge is 0.303 e. The van der Waals surface area contributed by atoms with Crippen LogP contribution in [0, 0.1) is 0 Å². The fourth-order valence-electron chi connectivity index (χ4n) is 2.25. The zero-order valence-corrected chi connectivity index (χ0v) is 11.5. The van der Waals surface area contributed by atoms with Crippen molar-refractivity contribution in [2.45, 2.75) is 25.9 Å². The molecule has 2 rings (SSSR count). The zero-order chi connectivity index (χ0) is 13.3. The van der Waals surface area contributed by atoms with Crippen LogP contribution in [-0.4, -0.2) is 70.1 Å². The molecule has 6 nitrogen and oxygen atoms in total. The molecule has 2 heterocycles. The number of ketones is 1. The number of piperazine rings is 1. The Labute approximate surface area is 108 Å². The first kappa shape index (κ1) is 13.2. The minimum Gasteiger partial charge on any atom is -0.303 e. The molecular formula is C12H21N5O. The maximum atomic E-state index is 12.6. The number of hydrogen-bond donors (Lipinski definition) is 0. The molecule has 0 amide bonds. The molecule has 100 valence electrons. The van der Waals surface area contributed by atoms with Gasteiger partial charge in [-0.2, -0.15) is 5.10 Å². The van der Waals surface area contributed by atoms with Crippen molar-refractivity contribution in [2.24, 2.45) is 0 Å². The van der Waals surface area contributed by atoms with Gasteiger partial charge in [-0.15, -0.1) is 0 Å². The van der Waals surface area contributed by atoms with E-state index >= 15 is 0 Å². The number of nitrogens with zero attached hydrogens (tertiary/aromatic N) is 5. The van der Waals surface area contributed by atoms with Gasteiger partial charge in [-0.1, -0.05) is 0 Å². The number of likely N-dealkylation sites (N-methyl/N-ethyl adjacent to an activating group) is 2. The lowest BCUT2D eigenvalue weighted by atomic mass is 10.1. The van der Waals surface area contributed by atoms with E-state index in [0.29, 0.717) is 5.82 Å². The van der Waals surface area contributed by atoms with Crippen molar-refractivity contribution in [1.82, 2.24) is 24.6 Å². The lowest BCUT2D eigenvalue weighted by molar-refractivity contribution is 0.0669. The van der Waals surface area contributed by atoms with Crippen molar-refractivity contribution in [1.29, 1.82) is 0 Å². The highest BCUT2D eigenvalue weighted by molar-refractivity contribution is 5.97. The number of carbonyl (C=O) groups is 1. The SMILES string of the molecule is CC(C)n1ncnc1C(=O)C1CN(C)CCN1C.